The maximum Gasteiger partial charge on any atom is 0.185 e. The highest BCUT2D eigenvalue weighted by Gasteiger charge is 2.52. The highest BCUT2D eigenvalue weighted by Crippen LogP contribution is 2.42. The van der Waals surface area contributed by atoms with Crippen LogP contribution in [0.2, 0.25) is 39.3 Å². The van der Waals surface area contributed by atoms with Crippen LogP contribution >= 0.6 is 0 Å². The van der Waals surface area contributed by atoms with Crippen LogP contribution in [0.4, 0.5) is 0 Å². The van der Waals surface area contributed by atoms with E-state index in [1.807, 2.05) is 20.8 Å². The topological polar surface area (TPSA) is 35.5 Å². The summed E-state index contributed by atoms with van der Waals surface area (Å²) < 4.78 is 12.6. The molecule has 1 rings (SSSR count). The van der Waals surface area contributed by atoms with Crippen molar-refractivity contribution in [2.24, 2.45) is 5.41 Å². The van der Waals surface area contributed by atoms with Gasteiger partial charge in [-0.1, -0.05) is 13.8 Å². The van der Waals surface area contributed by atoms with E-state index in [2.05, 4.69) is 39.3 Å². The Labute approximate surface area is 126 Å². The van der Waals surface area contributed by atoms with Crippen molar-refractivity contribution in [2.75, 3.05) is 0 Å². The third-order valence-corrected chi connectivity index (χ3v) is 5.61. The molecule has 2 atom stereocenters. The molecule has 2 unspecified atom stereocenters. The fourth-order valence-corrected chi connectivity index (χ4v) is 6.02. The summed E-state index contributed by atoms with van der Waals surface area (Å²) in [6.45, 7) is 19.1. The van der Waals surface area contributed by atoms with E-state index in [0.29, 0.717) is 6.42 Å². The van der Waals surface area contributed by atoms with Crippen molar-refractivity contribution in [3.63, 3.8) is 0 Å². The zero-order valence-corrected chi connectivity index (χ0v) is 16.7. The Morgan fingerprint density at radius 3 is 1.85 bits per heavy atom. The van der Waals surface area contributed by atoms with Crippen LogP contribution in [0.5, 0.6) is 0 Å². The van der Waals surface area contributed by atoms with Crippen LogP contribution in [-0.4, -0.2) is 34.1 Å². The first-order valence-electron chi connectivity index (χ1n) is 7.58. The van der Waals surface area contributed by atoms with E-state index in [4.69, 9.17) is 8.85 Å². The molecule has 0 aromatic carbocycles. The first-order chi connectivity index (χ1) is 8.65. The van der Waals surface area contributed by atoms with E-state index in [0.717, 1.165) is 6.42 Å². The van der Waals surface area contributed by atoms with Crippen molar-refractivity contribution in [3.8, 4) is 0 Å². The molecule has 0 saturated heterocycles. The zero-order valence-electron chi connectivity index (χ0n) is 14.7. The molecule has 118 valence electrons. The van der Waals surface area contributed by atoms with E-state index in [9.17, 15) is 4.79 Å². The highest BCUT2D eigenvalue weighted by atomic mass is 28.4. The minimum atomic E-state index is -1.77. The molecule has 1 saturated carbocycles. The van der Waals surface area contributed by atoms with Crippen molar-refractivity contribution in [3.05, 3.63) is 0 Å². The van der Waals surface area contributed by atoms with Gasteiger partial charge in [-0.05, 0) is 52.6 Å². The van der Waals surface area contributed by atoms with Crippen molar-refractivity contribution < 1.29 is 13.6 Å². The van der Waals surface area contributed by atoms with Gasteiger partial charge in [-0.2, -0.15) is 0 Å². The first-order valence-corrected chi connectivity index (χ1v) is 14.4. The van der Waals surface area contributed by atoms with E-state index >= 15 is 0 Å². The Morgan fingerprint density at radius 2 is 1.45 bits per heavy atom. The number of rotatable bonds is 4. The summed E-state index contributed by atoms with van der Waals surface area (Å²) >= 11 is 0. The van der Waals surface area contributed by atoms with Crippen LogP contribution in [0.3, 0.4) is 0 Å². The SMILES string of the molecule is CC1(C)CC(O[Si](C)(C)C)CC(C)(O[Si](C)(C)C)C1=O. The third-order valence-electron chi connectivity index (χ3n) is 3.50. The van der Waals surface area contributed by atoms with Crippen LogP contribution < -0.4 is 0 Å². The van der Waals surface area contributed by atoms with Gasteiger partial charge in [0.15, 0.2) is 22.4 Å². The van der Waals surface area contributed by atoms with Gasteiger partial charge in [0.25, 0.3) is 0 Å². The van der Waals surface area contributed by atoms with Gasteiger partial charge in [-0.25, -0.2) is 0 Å². The summed E-state index contributed by atoms with van der Waals surface area (Å²) in [5.74, 6) is 0.239. The fraction of sp³-hybridized carbons (Fsp3) is 0.933. The summed E-state index contributed by atoms with van der Waals surface area (Å²) in [4.78, 5) is 12.8. The Balaban J connectivity index is 3.01. The number of carbonyl (C=O) groups is 1. The van der Waals surface area contributed by atoms with Gasteiger partial charge in [0.05, 0.1) is 0 Å². The standard InChI is InChI=1S/C15H32O3Si2/c1-14(2)10-12(17-19(4,5)6)11-15(3,13(14)16)18-20(7,8)9/h12H,10-11H2,1-9H3. The summed E-state index contributed by atoms with van der Waals surface area (Å²) in [6, 6.07) is 0. The maximum absolute atomic E-state index is 12.8. The molecular formula is C15H32O3Si2. The molecular weight excluding hydrogens is 284 g/mol. The van der Waals surface area contributed by atoms with Crippen LogP contribution in [0.25, 0.3) is 0 Å². The van der Waals surface area contributed by atoms with E-state index in [-0.39, 0.29) is 17.3 Å². The third kappa shape index (κ3) is 4.79. The summed E-state index contributed by atoms with van der Waals surface area (Å²) in [7, 11) is -3.38. The van der Waals surface area contributed by atoms with Crippen molar-refractivity contribution in [1.82, 2.24) is 0 Å². The molecule has 0 spiro atoms. The molecule has 1 aliphatic carbocycles. The molecule has 0 radical (unpaired) electrons. The Bertz CT molecular complexity index is 380. The predicted octanol–water partition coefficient (Wildman–Crippen LogP) is 4.21. The van der Waals surface area contributed by atoms with Crippen molar-refractivity contribution in [2.45, 2.75) is 84.6 Å². The predicted molar refractivity (Wildman–Crippen MR) is 89.1 cm³/mol. The quantitative estimate of drug-likeness (QED) is 0.729. The van der Waals surface area contributed by atoms with Gasteiger partial charge in [0.2, 0.25) is 0 Å². The summed E-state index contributed by atoms with van der Waals surface area (Å²) in [6.07, 6.45) is 1.64. The molecule has 20 heavy (non-hydrogen) atoms. The highest BCUT2D eigenvalue weighted by molar-refractivity contribution is 6.70. The number of hydrogen-bond acceptors (Lipinski definition) is 3. The summed E-state index contributed by atoms with van der Waals surface area (Å²) in [5.41, 5.74) is -1.05. The second-order valence-corrected chi connectivity index (χ2v) is 17.8. The lowest BCUT2D eigenvalue weighted by Gasteiger charge is -2.48. The molecule has 1 fully saturated rings. The minimum absolute atomic E-state index is 0.135. The molecule has 0 bridgehead atoms. The summed E-state index contributed by atoms with van der Waals surface area (Å²) in [5, 5.41) is 0. The second-order valence-electron chi connectivity index (χ2n) is 8.92. The molecule has 0 heterocycles. The number of carbonyl (C=O) groups excluding carboxylic acids is 1. The Morgan fingerprint density at radius 1 is 0.950 bits per heavy atom. The average molecular weight is 317 g/mol. The molecule has 0 N–H and O–H groups in total. The number of hydrogen-bond donors (Lipinski definition) is 0. The zero-order chi connectivity index (χ0) is 16.0. The van der Waals surface area contributed by atoms with Crippen molar-refractivity contribution in [1.29, 1.82) is 0 Å². The van der Waals surface area contributed by atoms with Crippen LogP contribution in [-0.2, 0) is 13.6 Å². The molecule has 0 aliphatic heterocycles. The van der Waals surface area contributed by atoms with Crippen LogP contribution in [0, 0.1) is 5.41 Å². The van der Waals surface area contributed by atoms with Gasteiger partial charge in [-0.3, -0.25) is 4.79 Å². The molecule has 0 aromatic rings. The maximum atomic E-state index is 12.8. The Hall–Kier alpha value is 0.0238. The van der Waals surface area contributed by atoms with E-state index in [1.54, 1.807) is 0 Å². The van der Waals surface area contributed by atoms with E-state index < -0.39 is 22.2 Å². The molecule has 0 amide bonds. The lowest BCUT2D eigenvalue weighted by Crippen LogP contribution is -2.58. The lowest BCUT2D eigenvalue weighted by molar-refractivity contribution is -0.154. The monoisotopic (exact) mass is 316 g/mol. The first kappa shape index (κ1) is 18.1. The molecule has 5 heteroatoms. The van der Waals surface area contributed by atoms with Gasteiger partial charge in [-0.15, -0.1) is 0 Å². The number of ketones is 1. The number of Topliss-reactive ketones (excluding diaryl/α,β-unsaturated/α-hetero) is 1. The normalized spacial score (nSPS) is 31.4. The molecule has 0 aromatic heterocycles. The van der Waals surface area contributed by atoms with E-state index in [1.165, 1.54) is 0 Å². The van der Waals surface area contributed by atoms with Gasteiger partial charge >= 0.3 is 0 Å². The van der Waals surface area contributed by atoms with Crippen molar-refractivity contribution >= 4 is 22.4 Å². The average Bonchev–Trinajstić information content (AvgIpc) is 2.07. The fourth-order valence-electron chi connectivity index (χ4n) is 3.32. The van der Waals surface area contributed by atoms with Gasteiger partial charge in [0.1, 0.15) is 5.60 Å². The molecule has 1 aliphatic rings. The molecule has 3 nitrogen and oxygen atoms in total. The largest absolute Gasteiger partial charge is 0.415 e. The van der Waals surface area contributed by atoms with Gasteiger partial charge in [0, 0.05) is 17.9 Å². The Kier molecular flexibility index (Phi) is 4.82. The second kappa shape index (κ2) is 5.34. The van der Waals surface area contributed by atoms with Crippen LogP contribution in [0.1, 0.15) is 33.6 Å². The van der Waals surface area contributed by atoms with Crippen LogP contribution in [0.15, 0.2) is 0 Å². The smallest absolute Gasteiger partial charge is 0.185 e. The van der Waals surface area contributed by atoms with Gasteiger partial charge < -0.3 is 8.85 Å². The minimum Gasteiger partial charge on any atom is -0.415 e. The lowest BCUT2D eigenvalue weighted by atomic mass is 9.68.